The maximum Gasteiger partial charge on any atom is 0.0698 e. The summed E-state index contributed by atoms with van der Waals surface area (Å²) in [6, 6.07) is 2.08. The SMILES string of the molecule is CC(C)CC1CCCC(O)(Cc2sccc2Br)C1. The van der Waals surface area contributed by atoms with Crippen molar-refractivity contribution in [2.75, 3.05) is 0 Å². The van der Waals surface area contributed by atoms with Crippen molar-refractivity contribution in [2.45, 2.75) is 58.0 Å². The van der Waals surface area contributed by atoms with E-state index >= 15 is 0 Å². The average molecular weight is 331 g/mol. The van der Waals surface area contributed by atoms with Crippen molar-refractivity contribution in [1.29, 1.82) is 0 Å². The van der Waals surface area contributed by atoms with Crippen LogP contribution in [0.3, 0.4) is 0 Å². The number of hydrogen-bond donors (Lipinski definition) is 1. The molecule has 1 aliphatic carbocycles. The van der Waals surface area contributed by atoms with E-state index in [0.29, 0.717) is 5.92 Å². The molecule has 1 fully saturated rings. The van der Waals surface area contributed by atoms with Crippen molar-refractivity contribution >= 4 is 27.3 Å². The molecule has 1 saturated carbocycles. The van der Waals surface area contributed by atoms with Crippen molar-refractivity contribution in [2.24, 2.45) is 11.8 Å². The van der Waals surface area contributed by atoms with Gasteiger partial charge in [0, 0.05) is 15.8 Å². The maximum absolute atomic E-state index is 10.8. The quantitative estimate of drug-likeness (QED) is 0.821. The topological polar surface area (TPSA) is 20.2 Å². The lowest BCUT2D eigenvalue weighted by Crippen LogP contribution is -2.37. The molecule has 0 aromatic carbocycles. The van der Waals surface area contributed by atoms with Crippen LogP contribution in [0.4, 0.5) is 0 Å². The van der Waals surface area contributed by atoms with E-state index in [-0.39, 0.29) is 0 Å². The van der Waals surface area contributed by atoms with Crippen LogP contribution in [0.1, 0.15) is 50.8 Å². The molecule has 1 aliphatic rings. The van der Waals surface area contributed by atoms with Crippen LogP contribution in [0.15, 0.2) is 15.9 Å². The molecule has 102 valence electrons. The first-order valence-corrected chi connectivity index (χ1v) is 8.60. The highest BCUT2D eigenvalue weighted by Crippen LogP contribution is 2.39. The minimum atomic E-state index is -0.467. The zero-order valence-corrected chi connectivity index (χ0v) is 13.7. The van der Waals surface area contributed by atoms with Gasteiger partial charge < -0.3 is 5.11 Å². The summed E-state index contributed by atoms with van der Waals surface area (Å²) in [5.74, 6) is 1.45. The molecule has 1 nitrogen and oxygen atoms in total. The van der Waals surface area contributed by atoms with Gasteiger partial charge in [-0.05, 0) is 58.5 Å². The molecule has 0 saturated heterocycles. The molecule has 3 heteroatoms. The van der Waals surface area contributed by atoms with E-state index in [1.54, 1.807) is 11.3 Å². The lowest BCUT2D eigenvalue weighted by Gasteiger charge is -2.37. The van der Waals surface area contributed by atoms with Crippen LogP contribution < -0.4 is 0 Å². The summed E-state index contributed by atoms with van der Waals surface area (Å²) < 4.78 is 1.16. The second-order valence-corrected chi connectivity index (χ2v) is 8.04. The molecule has 0 amide bonds. The Hall–Kier alpha value is 0.140. The number of halogens is 1. The number of thiophene rings is 1. The second kappa shape index (κ2) is 6.06. The molecule has 18 heavy (non-hydrogen) atoms. The van der Waals surface area contributed by atoms with Gasteiger partial charge in [-0.1, -0.05) is 26.7 Å². The highest BCUT2D eigenvalue weighted by molar-refractivity contribution is 9.10. The number of hydrogen-bond acceptors (Lipinski definition) is 2. The summed E-state index contributed by atoms with van der Waals surface area (Å²) in [5, 5.41) is 12.9. The Kier molecular flexibility index (Phi) is 4.90. The van der Waals surface area contributed by atoms with E-state index in [9.17, 15) is 5.11 Å². The van der Waals surface area contributed by atoms with Crippen molar-refractivity contribution in [3.8, 4) is 0 Å². The average Bonchev–Trinajstić information content (AvgIpc) is 2.62. The molecule has 2 atom stereocenters. The first-order valence-electron chi connectivity index (χ1n) is 6.93. The molecule has 1 aromatic rings. The minimum absolute atomic E-state index is 0.467. The fourth-order valence-corrected chi connectivity index (χ4v) is 4.87. The number of rotatable bonds is 4. The van der Waals surface area contributed by atoms with Gasteiger partial charge in [0.05, 0.1) is 5.60 Å². The monoisotopic (exact) mass is 330 g/mol. The normalized spacial score (nSPS) is 28.8. The van der Waals surface area contributed by atoms with Gasteiger partial charge in [0.2, 0.25) is 0 Å². The molecule has 1 N–H and O–H groups in total. The Balaban J connectivity index is 1.99. The molecule has 0 radical (unpaired) electrons. The summed E-state index contributed by atoms with van der Waals surface area (Å²) >= 11 is 5.32. The summed E-state index contributed by atoms with van der Waals surface area (Å²) in [6.45, 7) is 4.56. The van der Waals surface area contributed by atoms with E-state index in [4.69, 9.17) is 0 Å². The Morgan fingerprint density at radius 3 is 2.94 bits per heavy atom. The summed E-state index contributed by atoms with van der Waals surface area (Å²) in [7, 11) is 0. The van der Waals surface area contributed by atoms with Crippen LogP contribution in [-0.2, 0) is 6.42 Å². The largest absolute Gasteiger partial charge is 0.390 e. The molecule has 2 rings (SSSR count). The molecule has 0 spiro atoms. The summed E-state index contributed by atoms with van der Waals surface area (Å²) in [6.07, 6.45) is 6.50. The molecule has 1 aromatic heterocycles. The third kappa shape index (κ3) is 3.82. The van der Waals surface area contributed by atoms with Gasteiger partial charge in [0.25, 0.3) is 0 Å². The van der Waals surface area contributed by atoms with Crippen LogP contribution in [0.2, 0.25) is 0 Å². The van der Waals surface area contributed by atoms with Crippen molar-refractivity contribution < 1.29 is 5.11 Å². The van der Waals surface area contributed by atoms with Crippen LogP contribution in [-0.4, -0.2) is 10.7 Å². The Labute approximate surface area is 123 Å². The fourth-order valence-electron chi connectivity index (χ4n) is 3.24. The standard InChI is InChI=1S/C15H23BrOS/c1-11(2)8-12-4-3-6-15(17,9-12)10-14-13(16)5-7-18-14/h5,7,11-12,17H,3-4,6,8-10H2,1-2H3. The first-order chi connectivity index (χ1) is 8.48. The number of aliphatic hydroxyl groups is 1. The van der Waals surface area contributed by atoms with E-state index in [2.05, 4.69) is 41.2 Å². The van der Waals surface area contributed by atoms with Crippen LogP contribution in [0.5, 0.6) is 0 Å². The second-order valence-electron chi connectivity index (χ2n) is 6.18. The third-order valence-corrected chi connectivity index (χ3v) is 5.83. The van der Waals surface area contributed by atoms with E-state index in [1.807, 2.05) is 0 Å². The van der Waals surface area contributed by atoms with E-state index in [1.165, 1.54) is 24.1 Å². The zero-order valence-electron chi connectivity index (χ0n) is 11.3. The third-order valence-electron chi connectivity index (χ3n) is 3.91. The molecular formula is C15H23BrOS. The first kappa shape index (κ1) is 14.5. The Bertz CT molecular complexity index is 388. The fraction of sp³-hybridized carbons (Fsp3) is 0.733. The van der Waals surface area contributed by atoms with Gasteiger partial charge in [-0.3, -0.25) is 0 Å². The Morgan fingerprint density at radius 1 is 1.56 bits per heavy atom. The van der Waals surface area contributed by atoms with Gasteiger partial charge in [0.1, 0.15) is 0 Å². The van der Waals surface area contributed by atoms with Crippen LogP contribution >= 0.6 is 27.3 Å². The predicted octanol–water partition coefficient (Wildman–Crippen LogP) is 5.02. The van der Waals surface area contributed by atoms with Gasteiger partial charge >= 0.3 is 0 Å². The Morgan fingerprint density at radius 2 is 2.33 bits per heavy atom. The molecule has 0 bridgehead atoms. The van der Waals surface area contributed by atoms with E-state index < -0.39 is 5.60 Å². The van der Waals surface area contributed by atoms with Gasteiger partial charge in [-0.15, -0.1) is 11.3 Å². The van der Waals surface area contributed by atoms with Crippen LogP contribution in [0.25, 0.3) is 0 Å². The summed E-state index contributed by atoms with van der Waals surface area (Å²) in [5.41, 5.74) is -0.467. The van der Waals surface area contributed by atoms with Crippen molar-refractivity contribution in [3.05, 3.63) is 20.8 Å². The lowest BCUT2D eigenvalue weighted by atomic mass is 9.73. The summed E-state index contributed by atoms with van der Waals surface area (Å²) in [4.78, 5) is 1.29. The van der Waals surface area contributed by atoms with Gasteiger partial charge in [-0.25, -0.2) is 0 Å². The van der Waals surface area contributed by atoms with Crippen molar-refractivity contribution in [3.63, 3.8) is 0 Å². The van der Waals surface area contributed by atoms with Gasteiger partial charge in [-0.2, -0.15) is 0 Å². The highest BCUT2D eigenvalue weighted by atomic mass is 79.9. The van der Waals surface area contributed by atoms with E-state index in [0.717, 1.165) is 29.7 Å². The lowest BCUT2D eigenvalue weighted by molar-refractivity contribution is -0.0184. The van der Waals surface area contributed by atoms with Crippen LogP contribution in [0, 0.1) is 11.8 Å². The molecular weight excluding hydrogens is 308 g/mol. The van der Waals surface area contributed by atoms with Crippen molar-refractivity contribution in [1.82, 2.24) is 0 Å². The maximum atomic E-state index is 10.8. The zero-order chi connectivity index (χ0) is 13.2. The molecule has 2 unspecified atom stereocenters. The highest BCUT2D eigenvalue weighted by Gasteiger charge is 2.35. The van der Waals surface area contributed by atoms with Gasteiger partial charge in [0.15, 0.2) is 0 Å². The minimum Gasteiger partial charge on any atom is -0.390 e. The molecule has 1 heterocycles. The predicted molar refractivity (Wildman–Crippen MR) is 82.1 cm³/mol. The molecule has 0 aliphatic heterocycles. The smallest absolute Gasteiger partial charge is 0.0698 e.